The monoisotopic (exact) mass is 671 g/mol. The zero-order chi connectivity index (χ0) is 35.0. The molecule has 1 unspecified atom stereocenters. The Morgan fingerprint density at radius 2 is 0.917 bits per heavy atom. The molecule has 0 heterocycles. The topological polar surface area (TPSA) is 72.8 Å². The maximum absolute atomic E-state index is 12.2. The number of ether oxygens (including phenoxy) is 2. The maximum atomic E-state index is 12.2. The van der Waals surface area contributed by atoms with Crippen LogP contribution in [0.3, 0.4) is 0 Å². The van der Waals surface area contributed by atoms with Crippen LogP contribution in [0, 0.1) is 0 Å². The minimum atomic E-state index is -0.791. The fraction of sp³-hybridized carbons (Fsp3) is 0.721. The summed E-state index contributed by atoms with van der Waals surface area (Å²) in [5, 5.41) is 9.54. The largest absolute Gasteiger partial charge is 0.462 e. The van der Waals surface area contributed by atoms with E-state index in [0.29, 0.717) is 12.8 Å². The average molecular weight is 671 g/mol. The van der Waals surface area contributed by atoms with Crippen molar-refractivity contribution in [3.8, 4) is 0 Å². The van der Waals surface area contributed by atoms with Crippen LogP contribution in [0.15, 0.2) is 60.8 Å². The second kappa shape index (κ2) is 39.0. The number of hydrogen-bond acceptors (Lipinski definition) is 5. The lowest BCUT2D eigenvalue weighted by atomic mass is 10.1. The number of carbonyl (C=O) groups is 2. The van der Waals surface area contributed by atoms with Gasteiger partial charge in [-0.1, -0.05) is 171 Å². The van der Waals surface area contributed by atoms with Gasteiger partial charge in [-0.05, 0) is 57.8 Å². The number of unbranched alkanes of at least 4 members (excludes halogenated alkanes) is 20. The molecule has 0 spiro atoms. The van der Waals surface area contributed by atoms with Crippen molar-refractivity contribution in [1.82, 2.24) is 0 Å². The summed E-state index contributed by atoms with van der Waals surface area (Å²) in [7, 11) is 0. The fourth-order valence-corrected chi connectivity index (χ4v) is 5.38. The van der Waals surface area contributed by atoms with Gasteiger partial charge < -0.3 is 14.6 Å². The van der Waals surface area contributed by atoms with Gasteiger partial charge in [-0.3, -0.25) is 9.59 Å². The smallest absolute Gasteiger partial charge is 0.306 e. The van der Waals surface area contributed by atoms with Crippen LogP contribution in [0.2, 0.25) is 0 Å². The van der Waals surface area contributed by atoms with E-state index in [2.05, 4.69) is 38.2 Å². The zero-order valence-electron chi connectivity index (χ0n) is 31.2. The van der Waals surface area contributed by atoms with E-state index >= 15 is 0 Å². The number of rotatable bonds is 35. The molecule has 0 amide bonds. The summed E-state index contributed by atoms with van der Waals surface area (Å²) in [5.41, 5.74) is 0. The minimum absolute atomic E-state index is 0.0900. The van der Waals surface area contributed by atoms with Crippen LogP contribution in [0.25, 0.3) is 0 Å². The minimum Gasteiger partial charge on any atom is -0.462 e. The highest BCUT2D eigenvalue weighted by molar-refractivity contribution is 5.70. The molecule has 0 fully saturated rings. The predicted octanol–water partition coefficient (Wildman–Crippen LogP) is 12.4. The van der Waals surface area contributed by atoms with E-state index in [0.717, 1.165) is 51.4 Å². The fourth-order valence-electron chi connectivity index (χ4n) is 5.38. The van der Waals surface area contributed by atoms with E-state index in [1.54, 1.807) is 0 Å². The first-order valence-corrected chi connectivity index (χ1v) is 19.9. The van der Waals surface area contributed by atoms with Gasteiger partial charge in [0.2, 0.25) is 0 Å². The van der Waals surface area contributed by atoms with Crippen molar-refractivity contribution in [3.63, 3.8) is 0 Å². The molecule has 1 N–H and O–H groups in total. The molecule has 5 heteroatoms. The van der Waals surface area contributed by atoms with E-state index in [-0.39, 0.29) is 25.2 Å². The van der Waals surface area contributed by atoms with E-state index in [4.69, 9.17) is 9.47 Å². The zero-order valence-corrected chi connectivity index (χ0v) is 31.2. The molecule has 1 atom stereocenters. The lowest BCUT2D eigenvalue weighted by Crippen LogP contribution is -2.28. The SMILES string of the molecule is CC/C=C/C=C/C=C/C=C/CCCCCC(=O)OCC(CO)OC(=O)CCCCCCCCC/C=C/CCCCCCCCCCCC. The molecule has 0 rings (SSSR count). The van der Waals surface area contributed by atoms with Crippen LogP contribution < -0.4 is 0 Å². The van der Waals surface area contributed by atoms with E-state index in [9.17, 15) is 14.7 Å². The Hall–Kier alpha value is -2.40. The first-order valence-electron chi connectivity index (χ1n) is 19.9. The second-order valence-corrected chi connectivity index (χ2v) is 13.1. The predicted molar refractivity (Wildman–Crippen MR) is 205 cm³/mol. The Balaban J connectivity index is 3.59. The third kappa shape index (κ3) is 36.4. The molecule has 0 bridgehead atoms. The number of aliphatic hydroxyl groups is 1. The van der Waals surface area contributed by atoms with Crippen LogP contribution in [0.1, 0.15) is 181 Å². The van der Waals surface area contributed by atoms with Crippen molar-refractivity contribution in [2.75, 3.05) is 13.2 Å². The Kier molecular flexibility index (Phi) is 37.1. The third-order valence-corrected chi connectivity index (χ3v) is 8.39. The van der Waals surface area contributed by atoms with Crippen LogP contribution >= 0.6 is 0 Å². The molecule has 0 aromatic rings. The highest BCUT2D eigenvalue weighted by Crippen LogP contribution is 2.13. The van der Waals surface area contributed by atoms with Gasteiger partial charge in [0.1, 0.15) is 6.61 Å². The van der Waals surface area contributed by atoms with Gasteiger partial charge in [0.25, 0.3) is 0 Å². The number of aliphatic hydroxyl groups excluding tert-OH is 1. The molecule has 48 heavy (non-hydrogen) atoms. The van der Waals surface area contributed by atoms with Crippen molar-refractivity contribution >= 4 is 11.9 Å². The molecular formula is C43H74O5. The molecule has 0 saturated carbocycles. The molecule has 0 aromatic carbocycles. The number of hydrogen-bond donors (Lipinski definition) is 1. The van der Waals surface area contributed by atoms with E-state index < -0.39 is 6.10 Å². The summed E-state index contributed by atoms with van der Waals surface area (Å²) in [4.78, 5) is 24.2. The highest BCUT2D eigenvalue weighted by atomic mass is 16.6. The lowest BCUT2D eigenvalue weighted by Gasteiger charge is -2.15. The molecule has 0 aliphatic heterocycles. The van der Waals surface area contributed by atoms with Gasteiger partial charge >= 0.3 is 11.9 Å². The Labute approximate surface area is 296 Å². The Bertz CT molecular complexity index is 853. The Morgan fingerprint density at radius 3 is 1.44 bits per heavy atom. The molecule has 276 valence electrons. The standard InChI is InChI=1S/C43H74O5/c1-3-5-7-9-11-13-15-17-18-19-20-21-22-23-24-26-28-30-32-34-36-38-43(46)48-41(39-44)40-47-42(45)37-35-33-31-29-27-25-16-14-12-10-8-6-4-2/h6,8,10,12,14,16,21-22,25,27,41,44H,3-5,7,9,11,13,15,17-20,23-24,26,28-40H2,1-2H3/b8-6+,12-10+,16-14+,22-21+,27-25+. The summed E-state index contributed by atoms with van der Waals surface area (Å²) in [6.07, 6.45) is 50.0. The van der Waals surface area contributed by atoms with Crippen molar-refractivity contribution in [2.45, 2.75) is 187 Å². The summed E-state index contributed by atoms with van der Waals surface area (Å²) in [5.74, 6) is -0.644. The quantitative estimate of drug-likeness (QED) is 0.0314. The maximum Gasteiger partial charge on any atom is 0.306 e. The third-order valence-electron chi connectivity index (χ3n) is 8.39. The first kappa shape index (κ1) is 45.6. The number of carbonyl (C=O) groups excluding carboxylic acids is 2. The van der Waals surface area contributed by atoms with Gasteiger partial charge in [-0.2, -0.15) is 0 Å². The number of esters is 2. The van der Waals surface area contributed by atoms with E-state index in [1.807, 2.05) is 36.5 Å². The normalized spacial score (nSPS) is 12.8. The van der Waals surface area contributed by atoms with E-state index in [1.165, 1.54) is 103 Å². The van der Waals surface area contributed by atoms with Crippen molar-refractivity contribution < 1.29 is 24.2 Å². The molecule has 0 radical (unpaired) electrons. The Morgan fingerprint density at radius 1 is 0.500 bits per heavy atom. The second-order valence-electron chi connectivity index (χ2n) is 13.1. The van der Waals surface area contributed by atoms with Crippen molar-refractivity contribution in [1.29, 1.82) is 0 Å². The lowest BCUT2D eigenvalue weighted by molar-refractivity contribution is -0.161. The van der Waals surface area contributed by atoms with Crippen LogP contribution in [-0.4, -0.2) is 36.4 Å². The molecule has 0 aromatic heterocycles. The van der Waals surface area contributed by atoms with Gasteiger partial charge in [-0.25, -0.2) is 0 Å². The van der Waals surface area contributed by atoms with Crippen molar-refractivity contribution in [2.24, 2.45) is 0 Å². The summed E-state index contributed by atoms with van der Waals surface area (Å²) in [6, 6.07) is 0. The highest BCUT2D eigenvalue weighted by Gasteiger charge is 2.16. The molecular weight excluding hydrogens is 596 g/mol. The van der Waals surface area contributed by atoms with Gasteiger partial charge in [0.05, 0.1) is 6.61 Å². The average Bonchev–Trinajstić information content (AvgIpc) is 3.09. The van der Waals surface area contributed by atoms with Crippen LogP contribution in [0.4, 0.5) is 0 Å². The molecule has 5 nitrogen and oxygen atoms in total. The molecule has 0 aliphatic rings. The van der Waals surface area contributed by atoms with Crippen molar-refractivity contribution in [3.05, 3.63) is 60.8 Å². The van der Waals surface area contributed by atoms with Gasteiger partial charge in [-0.15, -0.1) is 0 Å². The van der Waals surface area contributed by atoms with Crippen LogP contribution in [0.5, 0.6) is 0 Å². The van der Waals surface area contributed by atoms with Gasteiger partial charge in [0, 0.05) is 12.8 Å². The summed E-state index contributed by atoms with van der Waals surface area (Å²) in [6.45, 7) is 3.95. The summed E-state index contributed by atoms with van der Waals surface area (Å²) >= 11 is 0. The first-order chi connectivity index (χ1) is 23.6. The molecule has 0 aliphatic carbocycles. The molecule has 0 saturated heterocycles. The van der Waals surface area contributed by atoms with Crippen LogP contribution in [-0.2, 0) is 19.1 Å². The number of allylic oxidation sites excluding steroid dienone is 10. The summed E-state index contributed by atoms with van der Waals surface area (Å²) < 4.78 is 10.6. The van der Waals surface area contributed by atoms with Gasteiger partial charge in [0.15, 0.2) is 6.10 Å².